The predicted molar refractivity (Wildman–Crippen MR) is 76.4 cm³/mol. The summed E-state index contributed by atoms with van der Waals surface area (Å²) in [6, 6.07) is 0. The SMILES string of the molecule is CC.CCCC.CCCc1nnc(C)n1CC. The van der Waals surface area contributed by atoms with Gasteiger partial charge in [0.25, 0.3) is 0 Å². The van der Waals surface area contributed by atoms with Crippen molar-refractivity contribution in [3.8, 4) is 0 Å². The van der Waals surface area contributed by atoms with Gasteiger partial charge in [-0.2, -0.15) is 0 Å². The van der Waals surface area contributed by atoms with Gasteiger partial charge in [-0.1, -0.05) is 47.5 Å². The van der Waals surface area contributed by atoms with Crippen LogP contribution in [0.4, 0.5) is 0 Å². The number of hydrogen-bond acceptors (Lipinski definition) is 2. The number of aryl methyl sites for hydroxylation is 2. The van der Waals surface area contributed by atoms with E-state index >= 15 is 0 Å². The summed E-state index contributed by atoms with van der Waals surface area (Å²) in [6.45, 7) is 15.6. The van der Waals surface area contributed by atoms with Crippen LogP contribution in [0.1, 0.15) is 72.5 Å². The second kappa shape index (κ2) is 13.2. The van der Waals surface area contributed by atoms with Crippen LogP contribution in [0, 0.1) is 6.92 Å². The number of unbranched alkanes of at least 4 members (excludes halogenated alkanes) is 1. The Hall–Kier alpha value is -0.860. The molecule has 0 fully saturated rings. The Balaban J connectivity index is 0. The average Bonchev–Trinajstić information content (AvgIpc) is 2.73. The van der Waals surface area contributed by atoms with Crippen LogP contribution in [-0.2, 0) is 13.0 Å². The van der Waals surface area contributed by atoms with Gasteiger partial charge in [0.2, 0.25) is 0 Å². The fourth-order valence-electron chi connectivity index (χ4n) is 1.24. The van der Waals surface area contributed by atoms with Crippen LogP contribution >= 0.6 is 0 Å². The van der Waals surface area contributed by atoms with Crippen molar-refractivity contribution < 1.29 is 0 Å². The molecule has 1 aromatic rings. The van der Waals surface area contributed by atoms with Crippen molar-refractivity contribution in [2.75, 3.05) is 0 Å². The quantitative estimate of drug-likeness (QED) is 0.782. The molecule has 0 aromatic carbocycles. The molecule has 0 unspecified atom stereocenters. The summed E-state index contributed by atoms with van der Waals surface area (Å²) in [5.74, 6) is 2.14. The highest BCUT2D eigenvalue weighted by molar-refractivity contribution is 4.93. The molecule has 1 aromatic heterocycles. The van der Waals surface area contributed by atoms with Crippen molar-refractivity contribution in [3.05, 3.63) is 11.6 Å². The lowest BCUT2D eigenvalue weighted by molar-refractivity contribution is 0.667. The molecule has 0 bridgehead atoms. The van der Waals surface area contributed by atoms with E-state index in [0.717, 1.165) is 31.0 Å². The molecule has 0 aliphatic rings. The standard InChI is InChI=1S/C8H15N3.C4H10.C2H6/c1-4-6-8-10-9-7(3)11(8)5-2;1-3-4-2;1-2/h4-6H2,1-3H3;3-4H2,1-2H3;1-2H3. The fourth-order valence-corrected chi connectivity index (χ4v) is 1.24. The lowest BCUT2D eigenvalue weighted by Gasteiger charge is -2.02. The van der Waals surface area contributed by atoms with Crippen LogP contribution in [0.15, 0.2) is 0 Å². The first-order chi connectivity index (χ1) is 8.21. The molecule has 0 amide bonds. The van der Waals surface area contributed by atoms with Crippen LogP contribution in [0.2, 0.25) is 0 Å². The third kappa shape index (κ3) is 7.94. The Bertz CT molecular complexity index is 252. The zero-order valence-corrected chi connectivity index (χ0v) is 12.9. The Labute approximate surface area is 108 Å². The number of rotatable bonds is 4. The van der Waals surface area contributed by atoms with Crippen LogP contribution in [0.5, 0.6) is 0 Å². The zero-order chi connectivity index (χ0) is 13.7. The highest BCUT2D eigenvalue weighted by atomic mass is 15.3. The van der Waals surface area contributed by atoms with Gasteiger partial charge in [0.15, 0.2) is 0 Å². The van der Waals surface area contributed by atoms with Gasteiger partial charge in [-0.15, -0.1) is 10.2 Å². The van der Waals surface area contributed by atoms with E-state index in [2.05, 4.69) is 42.5 Å². The molecule has 0 spiro atoms. The van der Waals surface area contributed by atoms with Crippen LogP contribution < -0.4 is 0 Å². The van der Waals surface area contributed by atoms with Crippen molar-refractivity contribution in [1.29, 1.82) is 0 Å². The highest BCUT2D eigenvalue weighted by Gasteiger charge is 2.04. The smallest absolute Gasteiger partial charge is 0.132 e. The average molecular weight is 241 g/mol. The Kier molecular flexibility index (Phi) is 14.4. The monoisotopic (exact) mass is 241 g/mol. The van der Waals surface area contributed by atoms with Gasteiger partial charge < -0.3 is 4.57 Å². The molecule has 0 aliphatic heterocycles. The predicted octanol–water partition coefficient (Wildman–Crippen LogP) is 4.39. The van der Waals surface area contributed by atoms with E-state index in [1.807, 2.05) is 20.8 Å². The largest absolute Gasteiger partial charge is 0.316 e. The van der Waals surface area contributed by atoms with E-state index < -0.39 is 0 Å². The molecule has 102 valence electrons. The van der Waals surface area contributed by atoms with Crippen molar-refractivity contribution >= 4 is 0 Å². The van der Waals surface area contributed by atoms with Gasteiger partial charge in [-0.3, -0.25) is 0 Å². The summed E-state index contributed by atoms with van der Waals surface area (Å²) in [4.78, 5) is 0. The van der Waals surface area contributed by atoms with Crippen molar-refractivity contribution in [2.45, 2.75) is 80.7 Å². The molecule has 3 heteroatoms. The number of hydrogen-bond donors (Lipinski definition) is 0. The van der Waals surface area contributed by atoms with Crippen molar-refractivity contribution in [1.82, 2.24) is 14.8 Å². The van der Waals surface area contributed by atoms with Gasteiger partial charge in [0.05, 0.1) is 0 Å². The summed E-state index contributed by atoms with van der Waals surface area (Å²) in [5, 5.41) is 8.11. The molecule has 1 heterocycles. The first-order valence-corrected chi connectivity index (χ1v) is 7.09. The third-order valence-electron chi connectivity index (χ3n) is 2.30. The van der Waals surface area contributed by atoms with E-state index in [4.69, 9.17) is 0 Å². The van der Waals surface area contributed by atoms with Crippen molar-refractivity contribution in [2.24, 2.45) is 0 Å². The summed E-state index contributed by atoms with van der Waals surface area (Å²) in [6.07, 6.45) is 4.81. The molecule has 0 atom stereocenters. The maximum absolute atomic E-state index is 4.09. The second-order valence-electron chi connectivity index (χ2n) is 3.66. The van der Waals surface area contributed by atoms with E-state index in [-0.39, 0.29) is 0 Å². The molecule has 1 rings (SSSR count). The van der Waals surface area contributed by atoms with Crippen LogP contribution in [0.25, 0.3) is 0 Å². The highest BCUT2D eigenvalue weighted by Crippen LogP contribution is 2.02. The van der Waals surface area contributed by atoms with Gasteiger partial charge in [0.1, 0.15) is 11.6 Å². The molecule has 0 radical (unpaired) electrons. The van der Waals surface area contributed by atoms with Crippen molar-refractivity contribution in [3.63, 3.8) is 0 Å². The fraction of sp³-hybridized carbons (Fsp3) is 0.857. The Morgan fingerprint density at radius 3 is 1.76 bits per heavy atom. The summed E-state index contributed by atoms with van der Waals surface area (Å²) >= 11 is 0. The van der Waals surface area contributed by atoms with Crippen LogP contribution in [-0.4, -0.2) is 14.8 Å². The topological polar surface area (TPSA) is 30.7 Å². The maximum atomic E-state index is 4.09. The number of aromatic nitrogens is 3. The first kappa shape index (κ1) is 18.5. The molecular formula is C14H31N3. The lowest BCUT2D eigenvalue weighted by atomic mass is 10.3. The molecule has 0 aliphatic carbocycles. The molecule has 0 saturated carbocycles. The maximum Gasteiger partial charge on any atom is 0.132 e. The van der Waals surface area contributed by atoms with Gasteiger partial charge in [0, 0.05) is 13.0 Å². The lowest BCUT2D eigenvalue weighted by Crippen LogP contribution is -2.02. The van der Waals surface area contributed by atoms with Gasteiger partial charge >= 0.3 is 0 Å². The Morgan fingerprint density at radius 2 is 1.41 bits per heavy atom. The molecule has 0 saturated heterocycles. The van der Waals surface area contributed by atoms with Crippen LogP contribution in [0.3, 0.4) is 0 Å². The molecular weight excluding hydrogens is 210 g/mol. The molecule has 17 heavy (non-hydrogen) atoms. The Morgan fingerprint density at radius 1 is 0.882 bits per heavy atom. The van der Waals surface area contributed by atoms with Gasteiger partial charge in [-0.25, -0.2) is 0 Å². The summed E-state index contributed by atoms with van der Waals surface area (Å²) in [5.41, 5.74) is 0. The van der Waals surface area contributed by atoms with Gasteiger partial charge in [-0.05, 0) is 20.3 Å². The minimum Gasteiger partial charge on any atom is -0.316 e. The van der Waals surface area contributed by atoms with E-state index in [0.29, 0.717) is 0 Å². The van der Waals surface area contributed by atoms with E-state index in [1.54, 1.807) is 0 Å². The van der Waals surface area contributed by atoms with E-state index in [9.17, 15) is 0 Å². The zero-order valence-electron chi connectivity index (χ0n) is 12.9. The number of nitrogens with zero attached hydrogens (tertiary/aromatic N) is 3. The third-order valence-corrected chi connectivity index (χ3v) is 2.30. The second-order valence-corrected chi connectivity index (χ2v) is 3.66. The minimum absolute atomic E-state index is 0.980. The van der Waals surface area contributed by atoms with E-state index in [1.165, 1.54) is 12.8 Å². The normalized spacial score (nSPS) is 8.88. The molecule has 0 N–H and O–H groups in total. The summed E-state index contributed by atoms with van der Waals surface area (Å²) < 4.78 is 2.16. The summed E-state index contributed by atoms with van der Waals surface area (Å²) in [7, 11) is 0. The first-order valence-electron chi connectivity index (χ1n) is 7.09. The molecule has 3 nitrogen and oxygen atoms in total. The minimum atomic E-state index is 0.980.